The zero-order valence-corrected chi connectivity index (χ0v) is 11.6. The standard InChI is InChI=1S/C15H30N2/c1-2-17(14-8-4-5-9-14)13-12-15(16)10-6-3-7-11-15/h14H,2-13,16H2,1H3. The van der Waals surface area contributed by atoms with E-state index in [2.05, 4.69) is 11.8 Å². The van der Waals surface area contributed by atoms with Crippen LogP contribution in [0.3, 0.4) is 0 Å². The first-order chi connectivity index (χ1) is 8.23. The van der Waals surface area contributed by atoms with Crippen molar-refractivity contribution in [3.63, 3.8) is 0 Å². The lowest BCUT2D eigenvalue weighted by atomic mass is 9.80. The van der Waals surface area contributed by atoms with Gasteiger partial charge in [-0.3, -0.25) is 0 Å². The third kappa shape index (κ3) is 3.69. The van der Waals surface area contributed by atoms with Gasteiger partial charge in [-0.05, 0) is 38.6 Å². The van der Waals surface area contributed by atoms with Crippen LogP contribution in [0, 0.1) is 0 Å². The topological polar surface area (TPSA) is 29.3 Å². The van der Waals surface area contributed by atoms with Crippen molar-refractivity contribution in [1.82, 2.24) is 4.90 Å². The van der Waals surface area contributed by atoms with Gasteiger partial charge in [-0.2, -0.15) is 0 Å². The second-order valence-electron chi connectivity index (χ2n) is 6.24. The number of hydrogen-bond donors (Lipinski definition) is 1. The van der Waals surface area contributed by atoms with Crippen molar-refractivity contribution in [1.29, 1.82) is 0 Å². The Bertz CT molecular complexity index is 215. The Morgan fingerprint density at radius 1 is 1.06 bits per heavy atom. The van der Waals surface area contributed by atoms with Crippen LogP contribution in [0.1, 0.15) is 71.1 Å². The van der Waals surface area contributed by atoms with Crippen molar-refractivity contribution in [3.05, 3.63) is 0 Å². The highest BCUT2D eigenvalue weighted by molar-refractivity contribution is 4.89. The SMILES string of the molecule is CCN(CCC1(N)CCCCC1)C1CCCC1. The molecule has 2 rings (SSSR count). The molecule has 2 aliphatic carbocycles. The molecule has 0 unspecified atom stereocenters. The summed E-state index contributed by atoms with van der Waals surface area (Å²) in [5.41, 5.74) is 6.70. The molecule has 0 amide bonds. The summed E-state index contributed by atoms with van der Waals surface area (Å²) in [7, 11) is 0. The third-order valence-electron chi connectivity index (χ3n) is 4.99. The molecule has 0 spiro atoms. The maximum Gasteiger partial charge on any atom is 0.0166 e. The second kappa shape index (κ2) is 6.19. The fourth-order valence-corrected chi connectivity index (χ4v) is 3.74. The molecule has 0 aliphatic heterocycles. The van der Waals surface area contributed by atoms with E-state index in [4.69, 9.17) is 5.73 Å². The van der Waals surface area contributed by atoms with Crippen LogP contribution in [0.25, 0.3) is 0 Å². The first-order valence-electron chi connectivity index (χ1n) is 7.76. The predicted octanol–water partition coefficient (Wildman–Crippen LogP) is 3.30. The zero-order valence-electron chi connectivity index (χ0n) is 11.6. The number of hydrogen-bond acceptors (Lipinski definition) is 2. The van der Waals surface area contributed by atoms with E-state index in [0.717, 1.165) is 6.04 Å². The van der Waals surface area contributed by atoms with Gasteiger partial charge in [0.1, 0.15) is 0 Å². The van der Waals surface area contributed by atoms with Gasteiger partial charge in [0.15, 0.2) is 0 Å². The molecule has 0 saturated heterocycles. The van der Waals surface area contributed by atoms with E-state index in [1.165, 1.54) is 77.3 Å². The van der Waals surface area contributed by atoms with Crippen LogP contribution in [-0.4, -0.2) is 29.6 Å². The van der Waals surface area contributed by atoms with E-state index in [1.54, 1.807) is 0 Å². The molecule has 2 aliphatic rings. The Balaban J connectivity index is 1.78. The quantitative estimate of drug-likeness (QED) is 0.796. The summed E-state index contributed by atoms with van der Waals surface area (Å²) >= 11 is 0. The zero-order chi connectivity index (χ0) is 12.1. The van der Waals surface area contributed by atoms with Crippen molar-refractivity contribution in [2.75, 3.05) is 13.1 Å². The van der Waals surface area contributed by atoms with E-state index in [1.807, 2.05) is 0 Å². The van der Waals surface area contributed by atoms with Crippen molar-refractivity contribution in [2.24, 2.45) is 5.73 Å². The van der Waals surface area contributed by atoms with Crippen LogP contribution in [0.15, 0.2) is 0 Å². The van der Waals surface area contributed by atoms with Crippen molar-refractivity contribution in [3.8, 4) is 0 Å². The third-order valence-corrected chi connectivity index (χ3v) is 4.99. The Morgan fingerprint density at radius 3 is 2.29 bits per heavy atom. The van der Waals surface area contributed by atoms with Crippen molar-refractivity contribution < 1.29 is 0 Å². The Hall–Kier alpha value is -0.0800. The average Bonchev–Trinajstić information content (AvgIpc) is 2.84. The first kappa shape index (κ1) is 13.4. The van der Waals surface area contributed by atoms with E-state index in [9.17, 15) is 0 Å². The summed E-state index contributed by atoms with van der Waals surface area (Å²) in [5.74, 6) is 0. The first-order valence-corrected chi connectivity index (χ1v) is 7.76. The largest absolute Gasteiger partial charge is 0.325 e. The summed E-state index contributed by atoms with van der Waals surface area (Å²) < 4.78 is 0. The van der Waals surface area contributed by atoms with Gasteiger partial charge >= 0.3 is 0 Å². The average molecular weight is 238 g/mol. The Morgan fingerprint density at radius 2 is 1.71 bits per heavy atom. The molecule has 2 fully saturated rings. The molecule has 0 heterocycles. The van der Waals surface area contributed by atoms with Gasteiger partial charge in [0, 0.05) is 18.1 Å². The molecular weight excluding hydrogens is 208 g/mol. The van der Waals surface area contributed by atoms with Crippen LogP contribution in [-0.2, 0) is 0 Å². The van der Waals surface area contributed by atoms with E-state index < -0.39 is 0 Å². The van der Waals surface area contributed by atoms with Gasteiger partial charge in [-0.15, -0.1) is 0 Å². The van der Waals surface area contributed by atoms with Gasteiger partial charge in [0.05, 0.1) is 0 Å². The van der Waals surface area contributed by atoms with Gasteiger partial charge < -0.3 is 10.6 Å². The maximum absolute atomic E-state index is 6.53. The summed E-state index contributed by atoms with van der Waals surface area (Å²) in [4.78, 5) is 2.69. The monoisotopic (exact) mass is 238 g/mol. The van der Waals surface area contributed by atoms with E-state index in [-0.39, 0.29) is 5.54 Å². The molecule has 0 aromatic rings. The molecule has 0 atom stereocenters. The summed E-state index contributed by atoms with van der Waals surface area (Å²) in [6.07, 6.45) is 13.6. The lowest BCUT2D eigenvalue weighted by Crippen LogP contribution is -2.46. The minimum atomic E-state index is 0.171. The van der Waals surface area contributed by atoms with Crippen LogP contribution >= 0.6 is 0 Å². The normalized spacial score (nSPS) is 25.6. The molecular formula is C15H30N2. The minimum absolute atomic E-state index is 0.171. The Labute approximate surface area is 107 Å². The molecule has 2 heteroatoms. The van der Waals surface area contributed by atoms with Gasteiger partial charge in [0.2, 0.25) is 0 Å². The minimum Gasteiger partial charge on any atom is -0.325 e. The summed E-state index contributed by atoms with van der Waals surface area (Å²) in [6, 6.07) is 0.868. The fraction of sp³-hybridized carbons (Fsp3) is 1.00. The molecule has 2 N–H and O–H groups in total. The molecule has 100 valence electrons. The van der Waals surface area contributed by atoms with Crippen molar-refractivity contribution in [2.45, 2.75) is 82.7 Å². The lowest BCUT2D eigenvalue weighted by Gasteiger charge is -2.37. The van der Waals surface area contributed by atoms with Crippen LogP contribution in [0.2, 0.25) is 0 Å². The summed E-state index contributed by atoms with van der Waals surface area (Å²) in [5, 5.41) is 0. The van der Waals surface area contributed by atoms with Gasteiger partial charge in [-0.25, -0.2) is 0 Å². The van der Waals surface area contributed by atoms with E-state index in [0.29, 0.717) is 0 Å². The van der Waals surface area contributed by atoms with Gasteiger partial charge in [-0.1, -0.05) is 39.0 Å². The number of rotatable bonds is 5. The van der Waals surface area contributed by atoms with Gasteiger partial charge in [0.25, 0.3) is 0 Å². The van der Waals surface area contributed by atoms with Crippen LogP contribution in [0.5, 0.6) is 0 Å². The Kier molecular flexibility index (Phi) is 4.87. The molecule has 0 radical (unpaired) electrons. The van der Waals surface area contributed by atoms with Crippen LogP contribution in [0.4, 0.5) is 0 Å². The molecule has 0 bridgehead atoms. The predicted molar refractivity (Wildman–Crippen MR) is 74.1 cm³/mol. The lowest BCUT2D eigenvalue weighted by molar-refractivity contribution is 0.170. The van der Waals surface area contributed by atoms with Crippen LogP contribution < -0.4 is 5.73 Å². The number of nitrogens with zero attached hydrogens (tertiary/aromatic N) is 1. The summed E-state index contributed by atoms with van der Waals surface area (Å²) in [6.45, 7) is 4.75. The molecule has 0 aromatic heterocycles. The van der Waals surface area contributed by atoms with Crippen molar-refractivity contribution >= 4 is 0 Å². The highest BCUT2D eigenvalue weighted by atomic mass is 15.2. The molecule has 17 heavy (non-hydrogen) atoms. The highest BCUT2D eigenvalue weighted by Crippen LogP contribution is 2.30. The smallest absolute Gasteiger partial charge is 0.0166 e. The molecule has 2 nitrogen and oxygen atoms in total. The second-order valence-corrected chi connectivity index (χ2v) is 6.24. The van der Waals surface area contributed by atoms with E-state index >= 15 is 0 Å². The fourth-order valence-electron chi connectivity index (χ4n) is 3.74. The number of nitrogens with two attached hydrogens (primary N) is 1. The molecule has 0 aromatic carbocycles. The highest BCUT2D eigenvalue weighted by Gasteiger charge is 2.29. The molecule has 2 saturated carbocycles. The maximum atomic E-state index is 6.53.